The summed E-state index contributed by atoms with van der Waals surface area (Å²) in [5.41, 5.74) is 0.945. The highest BCUT2D eigenvalue weighted by molar-refractivity contribution is 9.10. The van der Waals surface area contributed by atoms with Gasteiger partial charge in [0.1, 0.15) is 0 Å². The van der Waals surface area contributed by atoms with Crippen molar-refractivity contribution in [3.63, 3.8) is 0 Å². The summed E-state index contributed by atoms with van der Waals surface area (Å²) in [5.74, 6) is 0.859. The third-order valence-corrected chi connectivity index (χ3v) is 4.16. The lowest BCUT2D eigenvalue weighted by Crippen LogP contribution is -2.18. The molecule has 1 fully saturated rings. The molecule has 0 aliphatic heterocycles. The Morgan fingerprint density at radius 1 is 1.35 bits per heavy atom. The second kappa shape index (κ2) is 6.05. The first-order valence-corrected chi connectivity index (χ1v) is 7.40. The van der Waals surface area contributed by atoms with Gasteiger partial charge in [0.05, 0.1) is 5.69 Å². The highest BCUT2D eigenvalue weighted by Crippen LogP contribution is 2.28. The minimum Gasteiger partial charge on any atom is -0.380 e. The molecule has 1 N–H and O–H groups in total. The van der Waals surface area contributed by atoms with Gasteiger partial charge in [-0.1, -0.05) is 31.4 Å². The van der Waals surface area contributed by atoms with Crippen molar-refractivity contribution < 1.29 is 0 Å². The molecule has 2 atom stereocenters. The van der Waals surface area contributed by atoms with E-state index in [1.165, 1.54) is 32.1 Å². The van der Waals surface area contributed by atoms with Crippen LogP contribution >= 0.6 is 27.5 Å². The van der Waals surface area contributed by atoms with Gasteiger partial charge in [-0.25, -0.2) is 4.98 Å². The molecule has 2 nitrogen and oxygen atoms in total. The number of nitrogens with one attached hydrogen (secondary N) is 1. The van der Waals surface area contributed by atoms with Crippen LogP contribution in [-0.4, -0.2) is 11.0 Å². The van der Waals surface area contributed by atoms with Crippen LogP contribution in [0.2, 0.25) is 5.15 Å². The zero-order valence-electron chi connectivity index (χ0n) is 10.0. The van der Waals surface area contributed by atoms with Crippen molar-refractivity contribution in [2.45, 2.75) is 45.1 Å². The highest BCUT2D eigenvalue weighted by Gasteiger charge is 2.17. The molecule has 17 heavy (non-hydrogen) atoms. The van der Waals surface area contributed by atoms with Gasteiger partial charge in [-0.15, -0.1) is 0 Å². The summed E-state index contributed by atoms with van der Waals surface area (Å²) in [7, 11) is 0. The van der Waals surface area contributed by atoms with Crippen molar-refractivity contribution in [2.24, 2.45) is 5.92 Å². The number of hydrogen-bond acceptors (Lipinski definition) is 2. The van der Waals surface area contributed by atoms with Crippen molar-refractivity contribution in [1.82, 2.24) is 4.98 Å². The average Bonchev–Trinajstić information content (AvgIpc) is 2.49. The standard InChI is InChI=1S/C13H18BrClN2/c1-9-3-2-4-11(6-5-9)17-12-7-10(14)8-16-13(12)15/h7-9,11,17H,2-6H2,1H3. The van der Waals surface area contributed by atoms with Gasteiger partial charge in [-0.3, -0.25) is 0 Å². The minimum atomic E-state index is 0.536. The van der Waals surface area contributed by atoms with E-state index in [2.05, 4.69) is 33.2 Å². The number of hydrogen-bond donors (Lipinski definition) is 1. The fourth-order valence-corrected chi connectivity index (χ4v) is 2.86. The lowest BCUT2D eigenvalue weighted by atomic mass is 10.0. The van der Waals surface area contributed by atoms with E-state index in [-0.39, 0.29) is 0 Å². The van der Waals surface area contributed by atoms with Crippen LogP contribution < -0.4 is 5.32 Å². The third-order valence-electron chi connectivity index (χ3n) is 3.42. The first kappa shape index (κ1) is 13.2. The molecule has 0 amide bonds. The summed E-state index contributed by atoms with van der Waals surface area (Å²) in [6.45, 7) is 2.34. The van der Waals surface area contributed by atoms with Crippen LogP contribution in [0, 0.1) is 5.92 Å². The van der Waals surface area contributed by atoms with Crippen LogP contribution in [0.1, 0.15) is 39.0 Å². The van der Waals surface area contributed by atoms with Gasteiger partial charge < -0.3 is 5.32 Å². The minimum absolute atomic E-state index is 0.536. The van der Waals surface area contributed by atoms with Crippen LogP contribution in [0.5, 0.6) is 0 Å². The number of pyridine rings is 1. The maximum Gasteiger partial charge on any atom is 0.152 e. The first-order valence-electron chi connectivity index (χ1n) is 6.22. The smallest absolute Gasteiger partial charge is 0.152 e. The van der Waals surface area contributed by atoms with E-state index in [1.54, 1.807) is 6.20 Å². The molecule has 1 aliphatic rings. The van der Waals surface area contributed by atoms with Gasteiger partial charge in [0.2, 0.25) is 0 Å². The van der Waals surface area contributed by atoms with Crippen LogP contribution in [0.3, 0.4) is 0 Å². The number of halogens is 2. The number of anilines is 1. The molecule has 0 spiro atoms. The summed E-state index contributed by atoms with van der Waals surface area (Å²) >= 11 is 9.52. The molecule has 1 aromatic rings. The fourth-order valence-electron chi connectivity index (χ4n) is 2.38. The van der Waals surface area contributed by atoms with E-state index in [0.717, 1.165) is 16.1 Å². The van der Waals surface area contributed by atoms with E-state index < -0.39 is 0 Å². The lowest BCUT2D eigenvalue weighted by molar-refractivity contribution is 0.502. The molecule has 4 heteroatoms. The normalized spacial score (nSPS) is 25.4. The summed E-state index contributed by atoms with van der Waals surface area (Å²) < 4.78 is 0.964. The monoisotopic (exact) mass is 316 g/mol. The molecule has 0 saturated heterocycles. The van der Waals surface area contributed by atoms with E-state index in [4.69, 9.17) is 11.6 Å². The number of aromatic nitrogens is 1. The molecule has 0 radical (unpaired) electrons. The Bertz CT molecular complexity index is 384. The van der Waals surface area contributed by atoms with Gasteiger partial charge in [0.15, 0.2) is 5.15 Å². The number of nitrogens with zero attached hydrogens (tertiary/aromatic N) is 1. The van der Waals surface area contributed by atoms with E-state index in [1.807, 2.05) is 6.07 Å². The van der Waals surface area contributed by atoms with Crippen molar-refractivity contribution in [1.29, 1.82) is 0 Å². The predicted molar refractivity (Wildman–Crippen MR) is 76.6 cm³/mol. The largest absolute Gasteiger partial charge is 0.380 e. The molecule has 2 rings (SSSR count). The maximum absolute atomic E-state index is 6.09. The topological polar surface area (TPSA) is 24.9 Å². The molecule has 2 unspecified atom stereocenters. The molecule has 1 saturated carbocycles. The van der Waals surface area contributed by atoms with Crippen molar-refractivity contribution >= 4 is 33.2 Å². The molecule has 0 bridgehead atoms. The van der Waals surface area contributed by atoms with Gasteiger partial charge in [-0.05, 0) is 47.2 Å². The van der Waals surface area contributed by atoms with Crippen molar-refractivity contribution in [3.05, 3.63) is 21.9 Å². The Labute approximate surface area is 116 Å². The molecular formula is C13H18BrClN2. The zero-order valence-corrected chi connectivity index (χ0v) is 12.4. The van der Waals surface area contributed by atoms with E-state index in [9.17, 15) is 0 Å². The summed E-state index contributed by atoms with van der Waals surface area (Å²) in [5, 5.41) is 4.09. The Hall–Kier alpha value is -0.280. The summed E-state index contributed by atoms with van der Waals surface area (Å²) in [6.07, 6.45) is 8.14. The second-order valence-corrected chi connectivity index (χ2v) is 6.22. The molecule has 0 aromatic carbocycles. The third kappa shape index (κ3) is 3.85. The quantitative estimate of drug-likeness (QED) is 0.621. The van der Waals surface area contributed by atoms with Gasteiger partial charge in [0, 0.05) is 16.7 Å². The van der Waals surface area contributed by atoms with Crippen LogP contribution in [0.25, 0.3) is 0 Å². The fraction of sp³-hybridized carbons (Fsp3) is 0.615. The SMILES string of the molecule is CC1CCCC(Nc2cc(Br)cnc2Cl)CC1. The van der Waals surface area contributed by atoms with Crippen LogP contribution in [0.15, 0.2) is 16.7 Å². The molecule has 1 aromatic heterocycles. The number of rotatable bonds is 2. The van der Waals surface area contributed by atoms with E-state index in [0.29, 0.717) is 11.2 Å². The van der Waals surface area contributed by atoms with Gasteiger partial charge in [0.25, 0.3) is 0 Å². The average molecular weight is 318 g/mol. The highest BCUT2D eigenvalue weighted by atomic mass is 79.9. The van der Waals surface area contributed by atoms with Gasteiger partial charge in [-0.2, -0.15) is 0 Å². The Morgan fingerprint density at radius 2 is 2.18 bits per heavy atom. The summed E-state index contributed by atoms with van der Waals surface area (Å²) in [4.78, 5) is 4.14. The Balaban J connectivity index is 2.02. The predicted octanol–water partition coefficient (Wildman–Crippen LogP) is 4.88. The first-order chi connectivity index (χ1) is 8.15. The van der Waals surface area contributed by atoms with Crippen molar-refractivity contribution in [3.8, 4) is 0 Å². The molecular weight excluding hydrogens is 300 g/mol. The lowest BCUT2D eigenvalue weighted by Gasteiger charge is -2.18. The van der Waals surface area contributed by atoms with Crippen molar-refractivity contribution in [2.75, 3.05) is 5.32 Å². The molecule has 1 aliphatic carbocycles. The van der Waals surface area contributed by atoms with Crippen LogP contribution in [0.4, 0.5) is 5.69 Å². The maximum atomic E-state index is 6.09. The Kier molecular flexibility index (Phi) is 4.69. The molecule has 1 heterocycles. The van der Waals surface area contributed by atoms with Crippen LogP contribution in [-0.2, 0) is 0 Å². The zero-order chi connectivity index (χ0) is 12.3. The second-order valence-electron chi connectivity index (χ2n) is 4.95. The Morgan fingerprint density at radius 3 is 3.00 bits per heavy atom. The van der Waals surface area contributed by atoms with E-state index >= 15 is 0 Å². The van der Waals surface area contributed by atoms with Gasteiger partial charge >= 0.3 is 0 Å². The molecule has 94 valence electrons. The summed E-state index contributed by atoms with van der Waals surface area (Å²) in [6, 6.07) is 2.54.